The Hall–Kier alpha value is -3.96. The van der Waals surface area contributed by atoms with E-state index >= 15 is 0 Å². The maximum atomic E-state index is 12.4. The van der Waals surface area contributed by atoms with Crippen molar-refractivity contribution < 1.29 is 19.1 Å². The molecule has 1 aromatic heterocycles. The molecule has 2 amide bonds. The van der Waals surface area contributed by atoms with E-state index in [-0.39, 0.29) is 17.2 Å². The zero-order valence-electron chi connectivity index (χ0n) is 15.0. The third-order valence-electron chi connectivity index (χ3n) is 3.79. The van der Waals surface area contributed by atoms with Gasteiger partial charge in [0.05, 0.1) is 28.4 Å². The van der Waals surface area contributed by atoms with Gasteiger partial charge < -0.3 is 15.4 Å². The van der Waals surface area contributed by atoms with Gasteiger partial charge in [0.1, 0.15) is 0 Å². The third-order valence-corrected chi connectivity index (χ3v) is 4.47. The summed E-state index contributed by atoms with van der Waals surface area (Å²) in [5.41, 5.74) is 1.73. The van der Waals surface area contributed by atoms with Crippen molar-refractivity contribution in [2.75, 3.05) is 17.2 Å². The van der Waals surface area contributed by atoms with Gasteiger partial charge in [-0.1, -0.05) is 18.2 Å². The van der Waals surface area contributed by atoms with Crippen LogP contribution in [-0.4, -0.2) is 24.4 Å². The van der Waals surface area contributed by atoms with Crippen LogP contribution in [0.1, 0.15) is 26.3 Å². The molecule has 3 rings (SSSR count). The molecule has 0 fully saturated rings. The van der Waals surface area contributed by atoms with Gasteiger partial charge in [0.25, 0.3) is 11.8 Å². The summed E-state index contributed by atoms with van der Waals surface area (Å²) >= 11 is 1.39. The number of nitriles is 1. The van der Waals surface area contributed by atoms with E-state index in [0.717, 1.165) is 0 Å². The van der Waals surface area contributed by atoms with E-state index in [0.29, 0.717) is 16.8 Å². The molecule has 0 saturated carbocycles. The lowest BCUT2D eigenvalue weighted by atomic mass is 10.1. The summed E-state index contributed by atoms with van der Waals surface area (Å²) in [5, 5.41) is 17.6. The van der Waals surface area contributed by atoms with Crippen molar-refractivity contribution in [3.63, 3.8) is 0 Å². The first-order valence-corrected chi connectivity index (χ1v) is 9.41. The molecule has 0 radical (unpaired) electrons. The standard InChI is InChI=1S/C21H15N3O4S/c22-11-14-4-3-5-16(10-14)23-19(25)12-28-21(27)17-6-1-2-7-18(17)24-20(26)15-8-9-29-13-15/h1-10,13H,12H2,(H,23,25)(H,24,26). The molecule has 0 saturated heterocycles. The van der Waals surface area contributed by atoms with Gasteiger partial charge >= 0.3 is 5.97 Å². The quantitative estimate of drug-likeness (QED) is 0.608. The molecule has 0 aliphatic rings. The Morgan fingerprint density at radius 2 is 1.86 bits per heavy atom. The number of carbonyl (C=O) groups excluding carboxylic acids is 3. The van der Waals surface area contributed by atoms with Crippen molar-refractivity contribution in [2.45, 2.75) is 0 Å². The van der Waals surface area contributed by atoms with Crippen LogP contribution in [0.2, 0.25) is 0 Å². The summed E-state index contributed by atoms with van der Waals surface area (Å²) in [5.74, 6) is -1.64. The number of esters is 1. The van der Waals surface area contributed by atoms with Crippen LogP contribution in [-0.2, 0) is 9.53 Å². The van der Waals surface area contributed by atoms with Gasteiger partial charge in [0, 0.05) is 11.1 Å². The number of thiophene rings is 1. The predicted octanol–water partition coefficient (Wildman–Crippen LogP) is 3.67. The number of hydrogen-bond donors (Lipinski definition) is 2. The number of para-hydroxylation sites is 1. The number of amides is 2. The number of carbonyl (C=O) groups is 3. The molecular formula is C21H15N3O4S. The molecule has 0 aliphatic heterocycles. The molecule has 0 spiro atoms. The van der Waals surface area contributed by atoms with Crippen molar-refractivity contribution in [1.29, 1.82) is 5.26 Å². The van der Waals surface area contributed by atoms with Gasteiger partial charge in [0.15, 0.2) is 6.61 Å². The summed E-state index contributed by atoms with van der Waals surface area (Å²) in [4.78, 5) is 36.7. The highest BCUT2D eigenvalue weighted by molar-refractivity contribution is 7.08. The largest absolute Gasteiger partial charge is 0.452 e. The van der Waals surface area contributed by atoms with Crippen LogP contribution in [0.5, 0.6) is 0 Å². The van der Waals surface area contributed by atoms with Gasteiger partial charge in [-0.05, 0) is 41.8 Å². The number of ether oxygens (including phenoxy) is 1. The normalized spacial score (nSPS) is 9.90. The summed E-state index contributed by atoms with van der Waals surface area (Å²) < 4.78 is 5.07. The zero-order chi connectivity index (χ0) is 20.6. The predicted molar refractivity (Wildman–Crippen MR) is 109 cm³/mol. The molecule has 0 unspecified atom stereocenters. The van der Waals surface area contributed by atoms with Crippen LogP contribution in [0.15, 0.2) is 65.4 Å². The van der Waals surface area contributed by atoms with Crippen LogP contribution in [0.25, 0.3) is 0 Å². The minimum atomic E-state index is -0.743. The van der Waals surface area contributed by atoms with E-state index in [2.05, 4.69) is 10.6 Å². The minimum Gasteiger partial charge on any atom is -0.452 e. The van der Waals surface area contributed by atoms with Crippen LogP contribution >= 0.6 is 11.3 Å². The van der Waals surface area contributed by atoms with Gasteiger partial charge in [0.2, 0.25) is 0 Å². The second kappa shape index (κ2) is 9.30. The van der Waals surface area contributed by atoms with Gasteiger partial charge in [-0.3, -0.25) is 9.59 Å². The van der Waals surface area contributed by atoms with Crippen molar-refractivity contribution in [3.8, 4) is 6.07 Å². The molecule has 2 aromatic carbocycles. The van der Waals surface area contributed by atoms with Gasteiger partial charge in [-0.25, -0.2) is 4.79 Å². The van der Waals surface area contributed by atoms with Crippen LogP contribution < -0.4 is 10.6 Å². The second-order valence-electron chi connectivity index (χ2n) is 5.83. The molecule has 29 heavy (non-hydrogen) atoms. The number of rotatable bonds is 6. The average Bonchev–Trinajstić information content (AvgIpc) is 3.27. The smallest absolute Gasteiger partial charge is 0.340 e. The van der Waals surface area contributed by atoms with E-state index < -0.39 is 18.5 Å². The molecule has 0 aliphatic carbocycles. The zero-order valence-corrected chi connectivity index (χ0v) is 15.9. The lowest BCUT2D eigenvalue weighted by molar-refractivity contribution is -0.119. The van der Waals surface area contributed by atoms with E-state index in [9.17, 15) is 14.4 Å². The minimum absolute atomic E-state index is 0.135. The topological polar surface area (TPSA) is 108 Å². The summed E-state index contributed by atoms with van der Waals surface area (Å²) in [7, 11) is 0. The summed E-state index contributed by atoms with van der Waals surface area (Å²) in [6, 6.07) is 16.4. The first kappa shape index (κ1) is 19.8. The van der Waals surface area contributed by atoms with E-state index in [1.165, 1.54) is 23.5 Å². The van der Waals surface area contributed by atoms with E-state index in [1.54, 1.807) is 53.2 Å². The number of nitrogens with one attached hydrogen (secondary N) is 2. The maximum absolute atomic E-state index is 12.4. The molecule has 0 atom stereocenters. The van der Waals surface area contributed by atoms with E-state index in [4.69, 9.17) is 10.00 Å². The van der Waals surface area contributed by atoms with E-state index in [1.807, 2.05) is 6.07 Å². The lowest BCUT2D eigenvalue weighted by Gasteiger charge is -2.11. The molecule has 3 aromatic rings. The van der Waals surface area contributed by atoms with Crippen molar-refractivity contribution in [1.82, 2.24) is 0 Å². The van der Waals surface area contributed by atoms with Crippen molar-refractivity contribution >= 4 is 40.5 Å². The third kappa shape index (κ3) is 5.28. The Morgan fingerprint density at radius 3 is 2.62 bits per heavy atom. The van der Waals surface area contributed by atoms with Gasteiger partial charge in [-0.15, -0.1) is 0 Å². The highest BCUT2D eigenvalue weighted by atomic mass is 32.1. The van der Waals surface area contributed by atoms with Crippen LogP contribution in [0.3, 0.4) is 0 Å². The summed E-state index contributed by atoms with van der Waals surface area (Å²) in [6.45, 7) is -0.511. The molecule has 2 N–H and O–H groups in total. The first-order valence-electron chi connectivity index (χ1n) is 8.46. The molecule has 8 heteroatoms. The first-order chi connectivity index (χ1) is 14.1. The number of benzene rings is 2. The Balaban J connectivity index is 1.61. The molecule has 7 nitrogen and oxygen atoms in total. The number of nitrogens with zero attached hydrogens (tertiary/aromatic N) is 1. The Labute approximate surface area is 170 Å². The van der Waals surface area contributed by atoms with Crippen molar-refractivity contribution in [3.05, 3.63) is 82.0 Å². The lowest BCUT2D eigenvalue weighted by Crippen LogP contribution is -2.22. The van der Waals surface area contributed by atoms with Crippen molar-refractivity contribution in [2.24, 2.45) is 0 Å². The highest BCUT2D eigenvalue weighted by Gasteiger charge is 2.16. The average molecular weight is 405 g/mol. The fraction of sp³-hybridized carbons (Fsp3) is 0.0476. The molecular weight excluding hydrogens is 390 g/mol. The monoisotopic (exact) mass is 405 g/mol. The highest BCUT2D eigenvalue weighted by Crippen LogP contribution is 2.18. The Bertz CT molecular complexity index is 1090. The van der Waals surface area contributed by atoms with Crippen LogP contribution in [0.4, 0.5) is 11.4 Å². The molecule has 144 valence electrons. The number of hydrogen-bond acceptors (Lipinski definition) is 6. The van der Waals surface area contributed by atoms with Gasteiger partial charge in [-0.2, -0.15) is 16.6 Å². The summed E-state index contributed by atoms with van der Waals surface area (Å²) in [6.07, 6.45) is 0. The second-order valence-corrected chi connectivity index (χ2v) is 6.61. The maximum Gasteiger partial charge on any atom is 0.340 e. The van der Waals surface area contributed by atoms with Crippen LogP contribution in [0, 0.1) is 11.3 Å². The molecule has 1 heterocycles. The Morgan fingerprint density at radius 1 is 1.03 bits per heavy atom. The molecule has 0 bridgehead atoms. The SMILES string of the molecule is N#Cc1cccc(NC(=O)COC(=O)c2ccccc2NC(=O)c2ccsc2)c1. The Kier molecular flexibility index (Phi) is 6.35. The number of anilines is 2. The fourth-order valence-electron chi connectivity index (χ4n) is 2.43. The fourth-order valence-corrected chi connectivity index (χ4v) is 3.07.